The standard InChI is InChI=1S/C26H27N3O4/c1-4-33-23-15-13-22(14-16-23)29-26(32)19-7-11-21(12-8-19)28-25(31)18-5-9-20(10-6-18)27-24(30)17(2)3/h5-17H,4H2,1-3H3,(H,27,30)(H,28,31)(H,29,32). The molecule has 7 nitrogen and oxygen atoms in total. The molecule has 7 heteroatoms. The molecular formula is C26H27N3O4. The van der Waals surface area contributed by atoms with E-state index in [0.717, 1.165) is 5.75 Å². The van der Waals surface area contributed by atoms with Crippen LogP contribution in [-0.2, 0) is 4.79 Å². The van der Waals surface area contributed by atoms with Crippen LogP contribution in [0.25, 0.3) is 0 Å². The Hall–Kier alpha value is -4.13. The summed E-state index contributed by atoms with van der Waals surface area (Å²) in [7, 11) is 0. The second-order valence-corrected chi connectivity index (χ2v) is 7.66. The van der Waals surface area contributed by atoms with Crippen molar-refractivity contribution < 1.29 is 19.1 Å². The van der Waals surface area contributed by atoms with Crippen molar-refractivity contribution in [3.8, 4) is 5.75 Å². The monoisotopic (exact) mass is 445 g/mol. The topological polar surface area (TPSA) is 96.5 Å². The van der Waals surface area contributed by atoms with Crippen LogP contribution in [0.3, 0.4) is 0 Å². The SMILES string of the molecule is CCOc1ccc(NC(=O)c2ccc(NC(=O)c3ccc(NC(=O)C(C)C)cc3)cc2)cc1. The molecule has 0 aliphatic heterocycles. The van der Waals surface area contributed by atoms with E-state index in [1.807, 2.05) is 20.8 Å². The number of hydrogen-bond donors (Lipinski definition) is 3. The summed E-state index contributed by atoms with van der Waals surface area (Å²) < 4.78 is 5.39. The average Bonchev–Trinajstić information content (AvgIpc) is 2.81. The minimum absolute atomic E-state index is 0.0844. The lowest BCUT2D eigenvalue weighted by Crippen LogP contribution is -2.18. The summed E-state index contributed by atoms with van der Waals surface area (Å²) in [5, 5.41) is 8.41. The molecule has 0 atom stereocenters. The Labute approximate surface area is 193 Å². The Bertz CT molecular complexity index is 1110. The van der Waals surface area contributed by atoms with E-state index in [1.54, 1.807) is 72.8 Å². The lowest BCUT2D eigenvalue weighted by Gasteiger charge is -2.10. The van der Waals surface area contributed by atoms with E-state index in [0.29, 0.717) is 34.8 Å². The molecule has 0 aromatic heterocycles. The van der Waals surface area contributed by atoms with E-state index in [1.165, 1.54) is 0 Å². The molecule has 3 rings (SSSR count). The van der Waals surface area contributed by atoms with Crippen LogP contribution in [0.1, 0.15) is 41.5 Å². The third-order valence-corrected chi connectivity index (χ3v) is 4.77. The first-order chi connectivity index (χ1) is 15.9. The molecule has 0 saturated heterocycles. The van der Waals surface area contributed by atoms with E-state index >= 15 is 0 Å². The molecule has 3 aromatic carbocycles. The highest BCUT2D eigenvalue weighted by molar-refractivity contribution is 6.06. The molecule has 33 heavy (non-hydrogen) atoms. The first-order valence-corrected chi connectivity index (χ1v) is 10.7. The highest BCUT2D eigenvalue weighted by atomic mass is 16.5. The number of carbonyl (C=O) groups excluding carboxylic acids is 3. The van der Waals surface area contributed by atoms with Crippen LogP contribution >= 0.6 is 0 Å². The Kier molecular flexibility index (Phi) is 7.81. The third kappa shape index (κ3) is 6.67. The summed E-state index contributed by atoms with van der Waals surface area (Å²) in [5.41, 5.74) is 2.78. The first kappa shape index (κ1) is 23.5. The number of rotatable bonds is 8. The van der Waals surface area contributed by atoms with Crippen molar-refractivity contribution in [3.63, 3.8) is 0 Å². The van der Waals surface area contributed by atoms with Gasteiger partial charge in [0.05, 0.1) is 6.61 Å². The number of nitrogens with one attached hydrogen (secondary N) is 3. The molecule has 0 bridgehead atoms. The van der Waals surface area contributed by atoms with E-state index in [2.05, 4.69) is 16.0 Å². The largest absolute Gasteiger partial charge is 0.494 e. The molecule has 3 N–H and O–H groups in total. The lowest BCUT2D eigenvalue weighted by molar-refractivity contribution is -0.118. The summed E-state index contributed by atoms with van der Waals surface area (Å²) in [6, 6.07) is 20.4. The van der Waals surface area contributed by atoms with Gasteiger partial charge >= 0.3 is 0 Å². The minimum atomic E-state index is -0.289. The summed E-state index contributed by atoms with van der Waals surface area (Å²) >= 11 is 0. The highest BCUT2D eigenvalue weighted by Gasteiger charge is 2.11. The van der Waals surface area contributed by atoms with Gasteiger partial charge in [0, 0.05) is 34.1 Å². The molecule has 0 radical (unpaired) electrons. The highest BCUT2D eigenvalue weighted by Crippen LogP contribution is 2.18. The second kappa shape index (κ2) is 10.9. The van der Waals surface area contributed by atoms with E-state index in [9.17, 15) is 14.4 Å². The summed E-state index contributed by atoms with van der Waals surface area (Å²) in [5.74, 6) is -0.0113. The fraction of sp³-hybridized carbons (Fsp3) is 0.192. The summed E-state index contributed by atoms with van der Waals surface area (Å²) in [6.45, 7) is 6.11. The van der Waals surface area contributed by atoms with Crippen molar-refractivity contribution in [3.05, 3.63) is 83.9 Å². The molecule has 0 saturated carbocycles. The number of hydrogen-bond acceptors (Lipinski definition) is 4. The third-order valence-electron chi connectivity index (χ3n) is 4.77. The number of benzene rings is 3. The zero-order valence-corrected chi connectivity index (χ0v) is 18.8. The van der Waals surface area contributed by atoms with Gasteiger partial charge in [-0.25, -0.2) is 0 Å². The van der Waals surface area contributed by atoms with Gasteiger partial charge in [-0.2, -0.15) is 0 Å². The molecule has 0 heterocycles. The number of amides is 3. The predicted molar refractivity (Wildman–Crippen MR) is 130 cm³/mol. The fourth-order valence-electron chi connectivity index (χ4n) is 2.90. The fourth-order valence-corrected chi connectivity index (χ4v) is 2.90. The maximum Gasteiger partial charge on any atom is 0.255 e. The Balaban J connectivity index is 1.56. The number of carbonyl (C=O) groups is 3. The molecular weight excluding hydrogens is 418 g/mol. The lowest BCUT2D eigenvalue weighted by atomic mass is 10.1. The van der Waals surface area contributed by atoms with Gasteiger partial charge in [-0.05, 0) is 79.7 Å². The number of anilines is 3. The van der Waals surface area contributed by atoms with Crippen LogP contribution in [0.2, 0.25) is 0 Å². The van der Waals surface area contributed by atoms with Crippen molar-refractivity contribution in [1.82, 2.24) is 0 Å². The summed E-state index contributed by atoms with van der Waals surface area (Å²) in [6.07, 6.45) is 0. The number of ether oxygens (including phenoxy) is 1. The van der Waals surface area contributed by atoms with Crippen LogP contribution < -0.4 is 20.7 Å². The first-order valence-electron chi connectivity index (χ1n) is 10.7. The van der Waals surface area contributed by atoms with Crippen molar-refractivity contribution in [1.29, 1.82) is 0 Å². The minimum Gasteiger partial charge on any atom is -0.494 e. The van der Waals surface area contributed by atoms with E-state index in [4.69, 9.17) is 4.74 Å². The van der Waals surface area contributed by atoms with Gasteiger partial charge in [0.25, 0.3) is 11.8 Å². The quantitative estimate of drug-likeness (QED) is 0.445. The zero-order chi connectivity index (χ0) is 23.8. The Morgan fingerprint density at radius 2 is 1.06 bits per heavy atom. The maximum atomic E-state index is 12.5. The van der Waals surface area contributed by atoms with E-state index in [-0.39, 0.29) is 23.6 Å². The predicted octanol–water partition coefficient (Wildman–Crippen LogP) is 5.18. The normalized spacial score (nSPS) is 10.4. The van der Waals surface area contributed by atoms with Crippen LogP contribution in [0.4, 0.5) is 17.1 Å². The summed E-state index contributed by atoms with van der Waals surface area (Å²) in [4.78, 5) is 36.7. The second-order valence-electron chi connectivity index (χ2n) is 7.66. The van der Waals surface area contributed by atoms with Crippen LogP contribution in [0, 0.1) is 5.92 Å². The average molecular weight is 446 g/mol. The van der Waals surface area contributed by atoms with Crippen molar-refractivity contribution in [2.24, 2.45) is 5.92 Å². The Morgan fingerprint density at radius 1 is 0.667 bits per heavy atom. The smallest absolute Gasteiger partial charge is 0.255 e. The van der Waals surface area contributed by atoms with Gasteiger partial charge in [-0.3, -0.25) is 14.4 Å². The van der Waals surface area contributed by atoms with Crippen LogP contribution in [-0.4, -0.2) is 24.3 Å². The van der Waals surface area contributed by atoms with Gasteiger partial charge in [-0.15, -0.1) is 0 Å². The molecule has 3 aromatic rings. The molecule has 0 unspecified atom stereocenters. The van der Waals surface area contributed by atoms with Crippen molar-refractivity contribution in [2.75, 3.05) is 22.6 Å². The van der Waals surface area contributed by atoms with Gasteiger partial charge in [0.1, 0.15) is 5.75 Å². The molecule has 0 aliphatic carbocycles. The molecule has 0 spiro atoms. The molecule has 170 valence electrons. The van der Waals surface area contributed by atoms with Crippen LogP contribution in [0.5, 0.6) is 5.75 Å². The molecule has 3 amide bonds. The van der Waals surface area contributed by atoms with Crippen molar-refractivity contribution in [2.45, 2.75) is 20.8 Å². The maximum absolute atomic E-state index is 12.5. The zero-order valence-electron chi connectivity index (χ0n) is 18.8. The van der Waals surface area contributed by atoms with Crippen LogP contribution in [0.15, 0.2) is 72.8 Å². The van der Waals surface area contributed by atoms with Gasteiger partial charge in [-0.1, -0.05) is 13.8 Å². The van der Waals surface area contributed by atoms with Crippen molar-refractivity contribution >= 4 is 34.8 Å². The van der Waals surface area contributed by atoms with E-state index < -0.39 is 0 Å². The molecule has 0 aliphatic rings. The van der Waals surface area contributed by atoms with Gasteiger partial charge in [0.2, 0.25) is 5.91 Å². The Morgan fingerprint density at radius 3 is 1.45 bits per heavy atom. The van der Waals surface area contributed by atoms with Gasteiger partial charge in [0.15, 0.2) is 0 Å². The van der Waals surface area contributed by atoms with Gasteiger partial charge < -0.3 is 20.7 Å². The molecule has 0 fully saturated rings.